The molecule has 0 fully saturated rings. The summed E-state index contributed by atoms with van der Waals surface area (Å²) in [6.45, 7) is 0. The van der Waals surface area contributed by atoms with Gasteiger partial charge in [0.15, 0.2) is 0 Å². The van der Waals surface area contributed by atoms with Crippen LogP contribution < -0.4 is 4.31 Å². The molecule has 1 aliphatic rings. The van der Waals surface area contributed by atoms with Crippen LogP contribution in [0.4, 0.5) is 5.69 Å². The Kier molecular flexibility index (Phi) is 3.06. The molecule has 5 heteroatoms. The van der Waals surface area contributed by atoms with E-state index in [0.717, 1.165) is 9.87 Å². The van der Waals surface area contributed by atoms with E-state index in [4.69, 9.17) is 0 Å². The van der Waals surface area contributed by atoms with Gasteiger partial charge in [-0.15, -0.1) is 0 Å². The van der Waals surface area contributed by atoms with Crippen LogP contribution in [0.15, 0.2) is 54.6 Å². The van der Waals surface area contributed by atoms with Crippen molar-refractivity contribution in [2.24, 2.45) is 0 Å². The molecule has 20 heavy (non-hydrogen) atoms. The Balaban J connectivity index is 1.98. The van der Waals surface area contributed by atoms with Crippen molar-refractivity contribution in [3.63, 3.8) is 0 Å². The molecule has 102 valence electrons. The molecule has 0 unspecified atom stereocenters. The third-order valence-corrected chi connectivity index (χ3v) is 4.90. The van der Waals surface area contributed by atoms with Crippen molar-refractivity contribution in [2.45, 2.75) is 12.2 Å². The number of anilines is 1. The summed E-state index contributed by atoms with van der Waals surface area (Å²) in [5.74, 6) is -0.560. The maximum Gasteiger partial charge on any atom is 0.245 e. The highest BCUT2D eigenvalue weighted by atomic mass is 32.2. The van der Waals surface area contributed by atoms with Crippen molar-refractivity contribution < 1.29 is 13.2 Å². The molecule has 0 N–H and O–H groups in total. The first kappa shape index (κ1) is 12.9. The lowest BCUT2D eigenvalue weighted by atomic mass is 10.2. The zero-order chi connectivity index (χ0) is 14.2. The number of fused-ring (bicyclic) bond motifs is 1. The van der Waals surface area contributed by atoms with Crippen LogP contribution >= 0.6 is 0 Å². The van der Waals surface area contributed by atoms with Crippen LogP contribution in [0.1, 0.15) is 11.1 Å². The zero-order valence-electron chi connectivity index (χ0n) is 10.7. The first-order valence-corrected chi connectivity index (χ1v) is 7.86. The molecule has 1 amide bonds. The van der Waals surface area contributed by atoms with Crippen LogP contribution in [-0.2, 0) is 27.0 Å². The van der Waals surface area contributed by atoms with E-state index in [1.807, 2.05) is 6.07 Å². The average Bonchev–Trinajstić information content (AvgIpc) is 2.75. The van der Waals surface area contributed by atoms with Crippen LogP contribution in [0.25, 0.3) is 0 Å². The smallest absolute Gasteiger partial charge is 0.245 e. The summed E-state index contributed by atoms with van der Waals surface area (Å²) in [7, 11) is -3.69. The molecule has 0 saturated heterocycles. The Bertz CT molecular complexity index is 754. The van der Waals surface area contributed by atoms with Gasteiger partial charge in [0.2, 0.25) is 15.9 Å². The van der Waals surface area contributed by atoms with Crippen LogP contribution in [0, 0.1) is 0 Å². The number of para-hydroxylation sites is 1. The van der Waals surface area contributed by atoms with E-state index >= 15 is 0 Å². The highest BCUT2D eigenvalue weighted by molar-refractivity contribution is 7.92. The number of hydrogen-bond donors (Lipinski definition) is 0. The SMILES string of the molecule is O=C1Cc2ccccc2N1S(=O)(=O)Cc1ccccc1. The standard InChI is InChI=1S/C15H13NO3S/c17-15-10-13-8-4-5-9-14(13)16(15)20(18,19)11-12-6-2-1-3-7-12/h1-9H,10-11H2. The molecule has 0 aliphatic carbocycles. The summed E-state index contributed by atoms with van der Waals surface area (Å²) in [4.78, 5) is 12.0. The molecule has 0 saturated carbocycles. The van der Waals surface area contributed by atoms with Crippen LogP contribution in [0.2, 0.25) is 0 Å². The number of benzene rings is 2. The van der Waals surface area contributed by atoms with Crippen molar-refractivity contribution in [2.75, 3.05) is 4.31 Å². The molecule has 0 atom stereocenters. The second kappa shape index (κ2) is 4.76. The molecule has 0 bridgehead atoms. The maximum atomic E-state index is 12.5. The number of carbonyl (C=O) groups excluding carboxylic acids is 1. The Hall–Kier alpha value is -2.14. The van der Waals surface area contributed by atoms with E-state index in [1.54, 1.807) is 48.5 Å². The fraction of sp³-hybridized carbons (Fsp3) is 0.133. The highest BCUT2D eigenvalue weighted by Gasteiger charge is 2.36. The molecule has 1 heterocycles. The molecule has 3 rings (SSSR count). The molecule has 1 aliphatic heterocycles. The van der Waals surface area contributed by atoms with Gasteiger partial charge in [-0.25, -0.2) is 12.7 Å². The molecular weight excluding hydrogens is 274 g/mol. The Labute approximate surface area is 117 Å². The van der Waals surface area contributed by atoms with Crippen LogP contribution in [0.3, 0.4) is 0 Å². The summed E-state index contributed by atoms with van der Waals surface area (Å²) < 4.78 is 25.9. The van der Waals surface area contributed by atoms with Crippen molar-refractivity contribution in [1.29, 1.82) is 0 Å². The summed E-state index contributed by atoms with van der Waals surface area (Å²) in [6.07, 6.45) is 0.143. The Morgan fingerprint density at radius 1 is 0.950 bits per heavy atom. The fourth-order valence-electron chi connectivity index (χ4n) is 2.38. The number of carbonyl (C=O) groups is 1. The van der Waals surface area contributed by atoms with Gasteiger partial charge in [0, 0.05) is 0 Å². The molecule has 0 radical (unpaired) electrons. The monoisotopic (exact) mass is 287 g/mol. The zero-order valence-corrected chi connectivity index (χ0v) is 11.5. The van der Waals surface area contributed by atoms with Gasteiger partial charge >= 0.3 is 0 Å². The van der Waals surface area contributed by atoms with Crippen molar-refractivity contribution >= 4 is 21.6 Å². The van der Waals surface area contributed by atoms with Crippen molar-refractivity contribution in [1.82, 2.24) is 0 Å². The topological polar surface area (TPSA) is 54.5 Å². The normalized spacial score (nSPS) is 14.4. The first-order valence-electron chi connectivity index (χ1n) is 6.25. The molecule has 4 nitrogen and oxygen atoms in total. The summed E-state index contributed by atoms with van der Waals surface area (Å²) in [5.41, 5.74) is 1.91. The van der Waals surface area contributed by atoms with Gasteiger partial charge in [-0.05, 0) is 17.2 Å². The summed E-state index contributed by atoms with van der Waals surface area (Å²) in [5, 5.41) is 0. The molecular formula is C15H13NO3S. The minimum absolute atomic E-state index is 0.143. The average molecular weight is 287 g/mol. The van der Waals surface area contributed by atoms with E-state index in [1.165, 1.54) is 0 Å². The van der Waals surface area contributed by atoms with E-state index in [9.17, 15) is 13.2 Å². The van der Waals surface area contributed by atoms with E-state index in [0.29, 0.717) is 11.3 Å². The van der Waals surface area contributed by atoms with Crippen molar-refractivity contribution in [3.05, 3.63) is 65.7 Å². The third-order valence-electron chi connectivity index (χ3n) is 3.25. The molecule has 2 aromatic rings. The number of hydrogen-bond acceptors (Lipinski definition) is 3. The quantitative estimate of drug-likeness (QED) is 0.868. The van der Waals surface area contributed by atoms with Gasteiger partial charge in [0.1, 0.15) is 0 Å². The second-order valence-electron chi connectivity index (χ2n) is 4.71. The number of sulfonamides is 1. The summed E-state index contributed by atoms with van der Waals surface area (Å²) in [6, 6.07) is 15.9. The van der Waals surface area contributed by atoms with Crippen LogP contribution in [0.5, 0.6) is 0 Å². The third kappa shape index (κ3) is 2.20. The van der Waals surface area contributed by atoms with Crippen LogP contribution in [-0.4, -0.2) is 14.3 Å². The van der Waals surface area contributed by atoms with Gasteiger partial charge in [0.25, 0.3) is 0 Å². The predicted molar refractivity (Wildman–Crippen MR) is 76.7 cm³/mol. The second-order valence-corrected chi connectivity index (χ2v) is 6.52. The largest absolute Gasteiger partial charge is 0.273 e. The predicted octanol–water partition coefficient (Wildman–Crippen LogP) is 2.11. The minimum atomic E-state index is -3.69. The first-order chi connectivity index (χ1) is 9.58. The number of nitrogens with zero attached hydrogens (tertiary/aromatic N) is 1. The van der Waals surface area contributed by atoms with Gasteiger partial charge in [-0.1, -0.05) is 48.5 Å². The summed E-state index contributed by atoms with van der Waals surface area (Å²) >= 11 is 0. The Morgan fingerprint density at radius 3 is 2.35 bits per heavy atom. The molecule has 0 aromatic heterocycles. The lowest BCUT2D eigenvalue weighted by Gasteiger charge is -2.17. The van der Waals surface area contributed by atoms with Gasteiger partial charge in [-0.3, -0.25) is 4.79 Å². The van der Waals surface area contributed by atoms with E-state index < -0.39 is 10.0 Å². The number of amides is 1. The van der Waals surface area contributed by atoms with Gasteiger partial charge in [-0.2, -0.15) is 0 Å². The number of rotatable bonds is 3. The van der Waals surface area contributed by atoms with Gasteiger partial charge < -0.3 is 0 Å². The van der Waals surface area contributed by atoms with E-state index in [2.05, 4.69) is 0 Å². The van der Waals surface area contributed by atoms with Crippen molar-refractivity contribution in [3.8, 4) is 0 Å². The lowest BCUT2D eigenvalue weighted by molar-refractivity contribution is -0.116. The fourth-order valence-corrected chi connectivity index (χ4v) is 3.98. The van der Waals surface area contributed by atoms with E-state index in [-0.39, 0.29) is 18.1 Å². The molecule has 0 spiro atoms. The minimum Gasteiger partial charge on any atom is -0.273 e. The van der Waals surface area contributed by atoms with Gasteiger partial charge in [0.05, 0.1) is 17.9 Å². The Morgan fingerprint density at radius 2 is 1.60 bits per heavy atom. The lowest BCUT2D eigenvalue weighted by Crippen LogP contribution is -2.34. The molecule has 2 aromatic carbocycles. The highest BCUT2D eigenvalue weighted by Crippen LogP contribution is 2.31. The maximum absolute atomic E-state index is 12.5.